The molecule has 0 bridgehead atoms. The van der Waals surface area contributed by atoms with E-state index in [0.717, 1.165) is 16.9 Å². The van der Waals surface area contributed by atoms with Crippen molar-refractivity contribution >= 4 is 24.3 Å². The van der Waals surface area contributed by atoms with Crippen LogP contribution in [0.3, 0.4) is 0 Å². The highest BCUT2D eigenvalue weighted by molar-refractivity contribution is 6.63. The molecule has 1 saturated heterocycles. The van der Waals surface area contributed by atoms with Crippen LogP contribution in [0.4, 0.5) is 4.39 Å². The average molecular weight is 351 g/mol. The summed E-state index contributed by atoms with van der Waals surface area (Å²) in [6, 6.07) is 4.36. The molecule has 0 spiro atoms. The lowest BCUT2D eigenvalue weighted by Gasteiger charge is -2.32. The number of hydrogen-bond acceptors (Lipinski definition) is 3. The first-order valence-corrected chi connectivity index (χ1v) is 8.26. The number of benzene rings is 1. The predicted molar refractivity (Wildman–Crippen MR) is 94.1 cm³/mol. The van der Waals surface area contributed by atoms with Crippen molar-refractivity contribution in [1.82, 2.24) is 9.78 Å². The molecular formula is C17H21BClFN2O2. The van der Waals surface area contributed by atoms with E-state index in [9.17, 15) is 4.39 Å². The summed E-state index contributed by atoms with van der Waals surface area (Å²) in [6.07, 6.45) is 0. The SMILES string of the molecule is Cc1nn(C)c(B2OC(C)(C)C(C)(C)O2)c1-c1ccc(F)cc1Cl. The van der Waals surface area contributed by atoms with E-state index in [1.54, 1.807) is 10.7 Å². The van der Waals surface area contributed by atoms with Crippen LogP contribution >= 0.6 is 11.6 Å². The lowest BCUT2D eigenvalue weighted by molar-refractivity contribution is 0.00578. The zero-order chi connectivity index (χ0) is 17.9. The van der Waals surface area contributed by atoms with Crippen LogP contribution in [0.2, 0.25) is 5.02 Å². The molecule has 0 saturated carbocycles. The zero-order valence-corrected chi connectivity index (χ0v) is 15.5. The van der Waals surface area contributed by atoms with Crippen molar-refractivity contribution in [3.63, 3.8) is 0 Å². The van der Waals surface area contributed by atoms with Crippen molar-refractivity contribution in [1.29, 1.82) is 0 Å². The van der Waals surface area contributed by atoms with Crippen molar-refractivity contribution in [3.05, 3.63) is 34.7 Å². The molecule has 0 amide bonds. The molecule has 3 rings (SSSR count). The Morgan fingerprint density at radius 3 is 2.29 bits per heavy atom. The quantitative estimate of drug-likeness (QED) is 0.778. The fourth-order valence-corrected chi connectivity index (χ4v) is 3.19. The van der Waals surface area contributed by atoms with Gasteiger partial charge in [-0.05, 0) is 52.8 Å². The van der Waals surface area contributed by atoms with Gasteiger partial charge in [0, 0.05) is 18.2 Å². The second-order valence-corrected chi connectivity index (χ2v) is 7.59. The third-order valence-electron chi connectivity index (χ3n) is 4.94. The van der Waals surface area contributed by atoms with Gasteiger partial charge < -0.3 is 9.31 Å². The molecule has 1 aromatic heterocycles. The Hall–Kier alpha value is -1.37. The van der Waals surface area contributed by atoms with E-state index in [1.165, 1.54) is 12.1 Å². The van der Waals surface area contributed by atoms with Crippen LogP contribution in [-0.2, 0) is 16.4 Å². The highest BCUT2D eigenvalue weighted by atomic mass is 35.5. The lowest BCUT2D eigenvalue weighted by Crippen LogP contribution is -2.41. The molecule has 7 heteroatoms. The second kappa shape index (κ2) is 5.58. The first-order valence-electron chi connectivity index (χ1n) is 7.88. The van der Waals surface area contributed by atoms with Crippen LogP contribution in [0.15, 0.2) is 18.2 Å². The molecule has 1 aromatic carbocycles. The van der Waals surface area contributed by atoms with Crippen LogP contribution in [0.1, 0.15) is 33.4 Å². The van der Waals surface area contributed by atoms with Crippen molar-refractivity contribution in [2.24, 2.45) is 7.05 Å². The molecule has 2 heterocycles. The Bertz CT molecular complexity index is 788. The summed E-state index contributed by atoms with van der Waals surface area (Å²) in [6.45, 7) is 9.90. The van der Waals surface area contributed by atoms with E-state index in [0.29, 0.717) is 10.6 Å². The minimum Gasteiger partial charge on any atom is -0.398 e. The molecule has 1 aliphatic heterocycles. The van der Waals surface area contributed by atoms with E-state index < -0.39 is 18.3 Å². The topological polar surface area (TPSA) is 36.3 Å². The van der Waals surface area contributed by atoms with Crippen molar-refractivity contribution in [2.75, 3.05) is 0 Å². The van der Waals surface area contributed by atoms with Gasteiger partial charge in [0.1, 0.15) is 5.82 Å². The maximum Gasteiger partial charge on any atom is 0.514 e. The van der Waals surface area contributed by atoms with Crippen molar-refractivity contribution in [2.45, 2.75) is 45.8 Å². The third kappa shape index (κ3) is 2.67. The van der Waals surface area contributed by atoms with E-state index >= 15 is 0 Å². The van der Waals surface area contributed by atoms with Crippen LogP contribution in [0, 0.1) is 12.7 Å². The first kappa shape index (κ1) is 17.5. The molecule has 0 atom stereocenters. The molecular weight excluding hydrogens is 329 g/mol. The van der Waals surface area contributed by atoms with Gasteiger partial charge >= 0.3 is 7.12 Å². The average Bonchev–Trinajstić information content (AvgIpc) is 2.82. The molecule has 128 valence electrons. The molecule has 24 heavy (non-hydrogen) atoms. The number of halogens is 2. The first-order chi connectivity index (χ1) is 11.0. The van der Waals surface area contributed by atoms with Crippen molar-refractivity contribution < 1.29 is 13.7 Å². The lowest BCUT2D eigenvalue weighted by atomic mass is 9.79. The van der Waals surface area contributed by atoms with E-state index in [-0.39, 0.29) is 5.82 Å². The van der Waals surface area contributed by atoms with Crippen LogP contribution in [-0.4, -0.2) is 28.1 Å². The molecule has 4 nitrogen and oxygen atoms in total. The van der Waals surface area contributed by atoms with Crippen molar-refractivity contribution in [3.8, 4) is 11.1 Å². The summed E-state index contributed by atoms with van der Waals surface area (Å²) >= 11 is 6.28. The molecule has 0 aliphatic carbocycles. The number of hydrogen-bond donors (Lipinski definition) is 0. The van der Waals surface area contributed by atoms with Gasteiger partial charge in [-0.25, -0.2) is 4.39 Å². The van der Waals surface area contributed by atoms with Crippen LogP contribution < -0.4 is 5.59 Å². The van der Waals surface area contributed by atoms with Gasteiger partial charge in [-0.1, -0.05) is 11.6 Å². The summed E-state index contributed by atoms with van der Waals surface area (Å²) in [5, 5.41) is 4.83. The van der Waals surface area contributed by atoms with Gasteiger partial charge in [0.05, 0.1) is 27.5 Å². The minimum atomic E-state index is -0.572. The van der Waals surface area contributed by atoms with Gasteiger partial charge in [0.2, 0.25) is 0 Å². The zero-order valence-electron chi connectivity index (χ0n) is 14.8. The molecule has 1 aliphatic rings. The van der Waals surface area contributed by atoms with Gasteiger partial charge in [-0.15, -0.1) is 0 Å². The third-order valence-corrected chi connectivity index (χ3v) is 5.26. The van der Waals surface area contributed by atoms with Gasteiger partial charge in [-0.3, -0.25) is 4.68 Å². The molecule has 2 aromatic rings. The summed E-state index contributed by atoms with van der Waals surface area (Å²) in [5.41, 5.74) is 2.18. The van der Waals surface area contributed by atoms with Gasteiger partial charge in [-0.2, -0.15) is 5.10 Å². The number of nitrogens with zero attached hydrogens (tertiary/aromatic N) is 2. The molecule has 0 radical (unpaired) electrons. The smallest absolute Gasteiger partial charge is 0.398 e. The Labute approximate surface area is 147 Å². The fourth-order valence-electron chi connectivity index (χ4n) is 2.93. The Morgan fingerprint density at radius 2 is 1.75 bits per heavy atom. The summed E-state index contributed by atoms with van der Waals surface area (Å²) < 4.78 is 27.5. The Balaban J connectivity index is 2.14. The molecule has 0 unspecified atom stereocenters. The monoisotopic (exact) mass is 350 g/mol. The minimum absolute atomic E-state index is 0.337. The van der Waals surface area contributed by atoms with E-state index in [2.05, 4.69) is 5.10 Å². The predicted octanol–water partition coefficient (Wildman–Crippen LogP) is 3.49. The highest BCUT2D eigenvalue weighted by Crippen LogP contribution is 2.38. The van der Waals surface area contributed by atoms with Crippen LogP contribution in [0.5, 0.6) is 0 Å². The van der Waals surface area contributed by atoms with Gasteiger partial charge in [0.25, 0.3) is 0 Å². The normalized spacial score (nSPS) is 19.1. The van der Waals surface area contributed by atoms with Crippen LogP contribution in [0.25, 0.3) is 11.1 Å². The summed E-state index contributed by atoms with van der Waals surface area (Å²) in [7, 11) is 1.27. The fraction of sp³-hybridized carbons (Fsp3) is 0.471. The van der Waals surface area contributed by atoms with E-state index in [4.69, 9.17) is 20.9 Å². The molecule has 0 N–H and O–H groups in total. The summed E-state index contributed by atoms with van der Waals surface area (Å²) in [5.74, 6) is -0.373. The highest BCUT2D eigenvalue weighted by Gasteiger charge is 2.53. The standard InChI is InChI=1S/C17H21BClFN2O2/c1-10-14(12-8-7-11(20)9-13(12)19)15(22(6)21-10)18-23-16(2,3)17(4,5)24-18/h7-9H,1-6H3. The number of aryl methyl sites for hydroxylation is 2. The van der Waals surface area contributed by atoms with Gasteiger partial charge in [0.15, 0.2) is 0 Å². The Kier molecular flexibility index (Phi) is 4.06. The van der Waals surface area contributed by atoms with E-state index in [1.807, 2.05) is 41.7 Å². The number of aromatic nitrogens is 2. The summed E-state index contributed by atoms with van der Waals surface area (Å²) in [4.78, 5) is 0. The second-order valence-electron chi connectivity index (χ2n) is 7.18. The molecule has 1 fully saturated rings. The maximum atomic E-state index is 13.4. The largest absolute Gasteiger partial charge is 0.514 e. The maximum absolute atomic E-state index is 13.4. The number of rotatable bonds is 2. The Morgan fingerprint density at radius 1 is 1.17 bits per heavy atom.